The van der Waals surface area contributed by atoms with Crippen LogP contribution in [0.4, 0.5) is 0 Å². The fraction of sp³-hybridized carbons (Fsp3) is 0.900. The number of aliphatic carboxylic acids is 1. The summed E-state index contributed by atoms with van der Waals surface area (Å²) >= 11 is 0. The number of carbonyl (C=O) groups is 1. The Labute approximate surface area is 101 Å². The molecule has 1 rings (SSSR count). The molecule has 6 nitrogen and oxygen atoms in total. The number of hydrogen-bond donors (Lipinski definition) is 2. The quantitative estimate of drug-likeness (QED) is 0.730. The Hall–Kier alpha value is -0.660. The van der Waals surface area contributed by atoms with E-state index in [2.05, 4.69) is 0 Å². The average molecular weight is 265 g/mol. The van der Waals surface area contributed by atoms with Gasteiger partial charge in [0, 0.05) is 6.04 Å². The van der Waals surface area contributed by atoms with Crippen LogP contribution in [0, 0.1) is 0 Å². The zero-order valence-electron chi connectivity index (χ0n) is 9.87. The van der Waals surface area contributed by atoms with E-state index in [1.54, 1.807) is 6.92 Å². The fourth-order valence-corrected chi connectivity index (χ4v) is 3.55. The Morgan fingerprint density at radius 2 is 1.88 bits per heavy atom. The van der Waals surface area contributed by atoms with Crippen molar-refractivity contribution < 1.29 is 22.9 Å². The minimum Gasteiger partial charge on any atom is -0.480 e. The minimum absolute atomic E-state index is 0.144. The standard InChI is InChI=1S/C10H19NO5S/c1-2-9(10(12)13)11(17(14,15)16)8-6-4-3-5-7-8/h8-9H,2-7H2,1H3,(H,12,13)(H,14,15,16). The van der Waals surface area contributed by atoms with Crippen molar-refractivity contribution in [2.24, 2.45) is 0 Å². The van der Waals surface area contributed by atoms with Crippen molar-refractivity contribution in [2.75, 3.05) is 0 Å². The van der Waals surface area contributed by atoms with E-state index in [4.69, 9.17) is 5.11 Å². The normalized spacial score (nSPS) is 20.4. The molecule has 1 atom stereocenters. The average Bonchev–Trinajstić information content (AvgIpc) is 2.24. The van der Waals surface area contributed by atoms with E-state index in [1.807, 2.05) is 0 Å². The summed E-state index contributed by atoms with van der Waals surface area (Å²) in [5.41, 5.74) is 0. The molecule has 0 aliphatic heterocycles. The van der Waals surface area contributed by atoms with Gasteiger partial charge < -0.3 is 5.11 Å². The first-order valence-corrected chi connectivity index (χ1v) is 7.26. The molecule has 0 aromatic heterocycles. The Balaban J connectivity index is 2.97. The van der Waals surface area contributed by atoms with Gasteiger partial charge in [-0.2, -0.15) is 12.7 Å². The molecule has 100 valence electrons. The largest absolute Gasteiger partial charge is 0.480 e. The molecule has 0 aromatic carbocycles. The zero-order valence-corrected chi connectivity index (χ0v) is 10.7. The van der Waals surface area contributed by atoms with Gasteiger partial charge in [0.25, 0.3) is 0 Å². The van der Waals surface area contributed by atoms with Crippen molar-refractivity contribution in [1.29, 1.82) is 0 Å². The van der Waals surface area contributed by atoms with Crippen molar-refractivity contribution >= 4 is 16.3 Å². The molecule has 1 aliphatic carbocycles. The third-order valence-corrected chi connectivity index (χ3v) is 4.27. The lowest BCUT2D eigenvalue weighted by molar-refractivity contribution is -0.142. The van der Waals surface area contributed by atoms with Crippen LogP contribution in [0.2, 0.25) is 0 Å². The highest BCUT2D eigenvalue weighted by Crippen LogP contribution is 2.27. The van der Waals surface area contributed by atoms with Crippen LogP contribution in [0.3, 0.4) is 0 Å². The highest BCUT2D eigenvalue weighted by atomic mass is 32.2. The van der Waals surface area contributed by atoms with Crippen LogP contribution in [0.1, 0.15) is 45.4 Å². The summed E-state index contributed by atoms with van der Waals surface area (Å²) < 4.78 is 32.7. The van der Waals surface area contributed by atoms with Gasteiger partial charge in [-0.15, -0.1) is 0 Å². The van der Waals surface area contributed by atoms with E-state index >= 15 is 0 Å². The Morgan fingerprint density at radius 3 is 2.24 bits per heavy atom. The number of carboxylic acids is 1. The van der Waals surface area contributed by atoms with Crippen LogP contribution in [0.25, 0.3) is 0 Å². The summed E-state index contributed by atoms with van der Waals surface area (Å²) in [4.78, 5) is 11.0. The van der Waals surface area contributed by atoms with Crippen molar-refractivity contribution in [1.82, 2.24) is 4.31 Å². The van der Waals surface area contributed by atoms with E-state index in [-0.39, 0.29) is 12.5 Å². The van der Waals surface area contributed by atoms with Crippen molar-refractivity contribution in [3.8, 4) is 0 Å². The molecule has 0 bridgehead atoms. The molecule has 1 unspecified atom stereocenters. The summed E-state index contributed by atoms with van der Waals surface area (Å²) in [5, 5.41) is 9.02. The summed E-state index contributed by atoms with van der Waals surface area (Å²) in [6, 6.07) is -1.56. The molecular formula is C10H19NO5S. The minimum atomic E-state index is -4.47. The number of hydrogen-bond acceptors (Lipinski definition) is 3. The van der Waals surface area contributed by atoms with E-state index in [9.17, 15) is 17.8 Å². The molecule has 1 fully saturated rings. The molecule has 0 heterocycles. The van der Waals surface area contributed by atoms with Crippen molar-refractivity contribution in [2.45, 2.75) is 57.5 Å². The van der Waals surface area contributed by atoms with E-state index < -0.39 is 22.3 Å². The number of rotatable bonds is 5. The molecule has 0 spiro atoms. The summed E-state index contributed by atoms with van der Waals surface area (Å²) in [6.45, 7) is 1.60. The maximum Gasteiger partial charge on any atom is 0.336 e. The van der Waals surface area contributed by atoms with E-state index in [1.165, 1.54) is 0 Å². The number of carboxylic acid groups (broad SMARTS) is 1. The van der Waals surface area contributed by atoms with Crippen LogP contribution in [-0.2, 0) is 15.1 Å². The molecule has 0 amide bonds. The SMILES string of the molecule is CCC(C(=O)O)N(C1CCCCC1)S(=O)(=O)O. The zero-order chi connectivity index (χ0) is 13.1. The molecule has 0 radical (unpaired) electrons. The Bertz CT molecular complexity index is 361. The predicted molar refractivity (Wildman–Crippen MR) is 62.0 cm³/mol. The topological polar surface area (TPSA) is 94.9 Å². The maximum atomic E-state index is 11.4. The van der Waals surface area contributed by atoms with Crippen LogP contribution in [0.5, 0.6) is 0 Å². The van der Waals surface area contributed by atoms with Gasteiger partial charge in [0.1, 0.15) is 6.04 Å². The van der Waals surface area contributed by atoms with Gasteiger partial charge in [0.05, 0.1) is 0 Å². The maximum absolute atomic E-state index is 11.4. The fourth-order valence-electron chi connectivity index (χ4n) is 2.40. The highest BCUT2D eigenvalue weighted by molar-refractivity contribution is 7.83. The lowest BCUT2D eigenvalue weighted by atomic mass is 9.94. The van der Waals surface area contributed by atoms with Gasteiger partial charge in [0.15, 0.2) is 0 Å². The molecule has 2 N–H and O–H groups in total. The molecule has 0 saturated heterocycles. The Morgan fingerprint density at radius 1 is 1.35 bits per heavy atom. The third kappa shape index (κ3) is 3.65. The second-order valence-corrected chi connectivity index (χ2v) is 5.68. The first kappa shape index (κ1) is 14.4. The smallest absolute Gasteiger partial charge is 0.336 e. The molecule has 1 saturated carbocycles. The van der Waals surface area contributed by atoms with Gasteiger partial charge in [-0.05, 0) is 19.3 Å². The van der Waals surface area contributed by atoms with Crippen LogP contribution in [-0.4, -0.2) is 40.4 Å². The van der Waals surface area contributed by atoms with Gasteiger partial charge in [-0.3, -0.25) is 9.35 Å². The second kappa shape index (κ2) is 5.79. The van der Waals surface area contributed by atoms with E-state index in [0.29, 0.717) is 12.8 Å². The van der Waals surface area contributed by atoms with Crippen molar-refractivity contribution in [3.05, 3.63) is 0 Å². The summed E-state index contributed by atoms with van der Waals surface area (Å²) in [6.07, 6.45) is 4.14. The van der Waals surface area contributed by atoms with Crippen LogP contribution < -0.4 is 0 Å². The lowest BCUT2D eigenvalue weighted by Crippen LogP contribution is -2.50. The molecular weight excluding hydrogens is 246 g/mol. The van der Waals surface area contributed by atoms with Gasteiger partial charge >= 0.3 is 16.3 Å². The van der Waals surface area contributed by atoms with Gasteiger partial charge in [-0.1, -0.05) is 26.2 Å². The molecule has 0 aromatic rings. The highest BCUT2D eigenvalue weighted by Gasteiger charge is 2.38. The van der Waals surface area contributed by atoms with E-state index in [0.717, 1.165) is 23.6 Å². The molecule has 1 aliphatic rings. The second-order valence-electron chi connectivity index (χ2n) is 4.36. The van der Waals surface area contributed by atoms with Gasteiger partial charge in [-0.25, -0.2) is 0 Å². The predicted octanol–water partition coefficient (Wildman–Crippen LogP) is 1.29. The van der Waals surface area contributed by atoms with Gasteiger partial charge in [0.2, 0.25) is 0 Å². The van der Waals surface area contributed by atoms with Crippen molar-refractivity contribution in [3.63, 3.8) is 0 Å². The molecule has 7 heteroatoms. The third-order valence-electron chi connectivity index (χ3n) is 3.18. The first-order valence-electron chi connectivity index (χ1n) is 5.86. The van der Waals surface area contributed by atoms with Crippen LogP contribution >= 0.6 is 0 Å². The Kier molecular flexibility index (Phi) is 4.91. The summed E-state index contributed by atoms with van der Waals surface area (Å²) in [7, 11) is -4.47. The monoisotopic (exact) mass is 265 g/mol. The summed E-state index contributed by atoms with van der Waals surface area (Å²) in [5.74, 6) is -1.21. The lowest BCUT2D eigenvalue weighted by Gasteiger charge is -2.34. The molecule has 17 heavy (non-hydrogen) atoms. The van der Waals surface area contributed by atoms with Crippen LogP contribution in [0.15, 0.2) is 0 Å². The number of nitrogens with zero attached hydrogens (tertiary/aromatic N) is 1. The first-order chi connectivity index (χ1) is 7.88.